The molecule has 0 heterocycles. The first-order chi connectivity index (χ1) is 14.8. The molecule has 162 valence electrons. The van der Waals surface area contributed by atoms with E-state index in [1.165, 1.54) is 12.1 Å². The number of amides is 1. The number of sulfonamides is 1. The van der Waals surface area contributed by atoms with Crippen LogP contribution in [0.25, 0.3) is 0 Å². The molecule has 0 bridgehead atoms. The average molecular weight is 443 g/mol. The van der Waals surface area contributed by atoms with E-state index in [4.69, 9.17) is 4.74 Å². The maximum absolute atomic E-state index is 13.3. The van der Waals surface area contributed by atoms with Crippen LogP contribution in [-0.2, 0) is 14.8 Å². The summed E-state index contributed by atoms with van der Waals surface area (Å²) in [6.45, 7) is 3.65. The average Bonchev–Trinajstić information content (AvgIpc) is 2.75. The summed E-state index contributed by atoms with van der Waals surface area (Å²) in [4.78, 5) is 12.7. The molecule has 3 rings (SSSR count). The highest BCUT2D eigenvalue weighted by molar-refractivity contribution is 7.92. The number of anilines is 2. The molecule has 0 fully saturated rings. The van der Waals surface area contributed by atoms with Gasteiger partial charge in [0.15, 0.2) is 0 Å². The quantitative estimate of drug-likeness (QED) is 0.562. The number of nitrogens with zero attached hydrogens (tertiary/aromatic N) is 1. The van der Waals surface area contributed by atoms with Gasteiger partial charge in [0.1, 0.15) is 18.1 Å². The predicted octanol–water partition coefficient (Wildman–Crippen LogP) is 4.37. The van der Waals surface area contributed by atoms with E-state index >= 15 is 0 Å². The zero-order valence-electron chi connectivity index (χ0n) is 17.2. The summed E-state index contributed by atoms with van der Waals surface area (Å²) in [5.41, 5.74) is 1.71. The highest BCUT2D eigenvalue weighted by Crippen LogP contribution is 2.26. The van der Waals surface area contributed by atoms with Gasteiger partial charge in [-0.25, -0.2) is 12.8 Å². The van der Waals surface area contributed by atoms with E-state index in [0.29, 0.717) is 23.7 Å². The van der Waals surface area contributed by atoms with E-state index in [-0.39, 0.29) is 4.90 Å². The molecular formula is C23H23FN2O4S. The highest BCUT2D eigenvalue weighted by atomic mass is 32.2. The first-order valence-corrected chi connectivity index (χ1v) is 11.1. The Labute approximate surface area is 181 Å². The number of ether oxygens (including phenoxy) is 1. The van der Waals surface area contributed by atoms with Crippen LogP contribution in [-0.4, -0.2) is 27.5 Å². The summed E-state index contributed by atoms with van der Waals surface area (Å²) < 4.78 is 46.4. The molecule has 0 aliphatic carbocycles. The first kappa shape index (κ1) is 22.3. The van der Waals surface area contributed by atoms with Gasteiger partial charge < -0.3 is 10.1 Å². The second-order valence-corrected chi connectivity index (χ2v) is 8.64. The van der Waals surface area contributed by atoms with Gasteiger partial charge in [0.2, 0.25) is 5.91 Å². The van der Waals surface area contributed by atoms with Gasteiger partial charge in [0, 0.05) is 0 Å². The van der Waals surface area contributed by atoms with E-state index in [2.05, 4.69) is 5.32 Å². The summed E-state index contributed by atoms with van der Waals surface area (Å²) in [5, 5.41) is 2.71. The number of carbonyl (C=O) groups is 1. The van der Waals surface area contributed by atoms with Crippen LogP contribution < -0.4 is 14.4 Å². The third-order valence-electron chi connectivity index (χ3n) is 4.47. The van der Waals surface area contributed by atoms with Crippen molar-refractivity contribution >= 4 is 27.3 Å². The first-order valence-electron chi connectivity index (χ1n) is 9.68. The van der Waals surface area contributed by atoms with Crippen LogP contribution in [0, 0.1) is 12.7 Å². The fraction of sp³-hybridized carbons (Fsp3) is 0.174. The van der Waals surface area contributed by atoms with Crippen molar-refractivity contribution in [2.75, 3.05) is 22.8 Å². The maximum atomic E-state index is 13.3. The molecule has 0 atom stereocenters. The fourth-order valence-electron chi connectivity index (χ4n) is 2.93. The lowest BCUT2D eigenvalue weighted by molar-refractivity contribution is -0.114. The van der Waals surface area contributed by atoms with Gasteiger partial charge in [0.25, 0.3) is 10.0 Å². The second-order valence-electron chi connectivity index (χ2n) is 6.78. The van der Waals surface area contributed by atoms with Crippen molar-refractivity contribution in [1.29, 1.82) is 0 Å². The molecule has 8 heteroatoms. The number of hydrogen-bond donors (Lipinski definition) is 1. The Morgan fingerprint density at radius 1 is 1.00 bits per heavy atom. The van der Waals surface area contributed by atoms with Crippen molar-refractivity contribution in [1.82, 2.24) is 0 Å². The van der Waals surface area contributed by atoms with E-state index in [0.717, 1.165) is 22.0 Å². The van der Waals surface area contributed by atoms with Crippen LogP contribution in [0.2, 0.25) is 0 Å². The molecule has 6 nitrogen and oxygen atoms in total. The van der Waals surface area contributed by atoms with Crippen molar-refractivity contribution in [3.8, 4) is 5.75 Å². The Balaban J connectivity index is 1.93. The summed E-state index contributed by atoms with van der Waals surface area (Å²) in [5.74, 6) is -0.605. The van der Waals surface area contributed by atoms with E-state index in [1.54, 1.807) is 48.5 Å². The fourth-order valence-corrected chi connectivity index (χ4v) is 4.35. The van der Waals surface area contributed by atoms with Gasteiger partial charge in [-0.3, -0.25) is 9.10 Å². The van der Waals surface area contributed by atoms with Crippen molar-refractivity contribution in [2.45, 2.75) is 18.7 Å². The third-order valence-corrected chi connectivity index (χ3v) is 6.26. The minimum atomic E-state index is -4.12. The summed E-state index contributed by atoms with van der Waals surface area (Å²) in [7, 11) is -4.12. The molecule has 0 aromatic heterocycles. The second kappa shape index (κ2) is 9.61. The molecule has 1 N–H and O–H groups in total. The molecule has 0 saturated carbocycles. The number of hydrogen-bond acceptors (Lipinski definition) is 4. The van der Waals surface area contributed by atoms with Crippen molar-refractivity contribution in [3.63, 3.8) is 0 Å². The molecule has 3 aromatic carbocycles. The topological polar surface area (TPSA) is 75.7 Å². The Morgan fingerprint density at radius 2 is 1.65 bits per heavy atom. The normalized spacial score (nSPS) is 11.1. The largest absolute Gasteiger partial charge is 0.492 e. The van der Waals surface area contributed by atoms with E-state index in [9.17, 15) is 17.6 Å². The SMILES string of the molecule is CCOc1ccccc1NC(=O)CN(c1ccc(C)cc1)S(=O)(=O)c1ccc(F)cc1. The number of benzene rings is 3. The number of para-hydroxylation sites is 2. The minimum Gasteiger partial charge on any atom is -0.492 e. The van der Waals surface area contributed by atoms with Gasteiger partial charge in [-0.2, -0.15) is 0 Å². The lowest BCUT2D eigenvalue weighted by Gasteiger charge is -2.24. The van der Waals surface area contributed by atoms with Gasteiger partial charge in [-0.1, -0.05) is 29.8 Å². The summed E-state index contributed by atoms with van der Waals surface area (Å²) in [6, 6.07) is 18.1. The molecule has 31 heavy (non-hydrogen) atoms. The van der Waals surface area contributed by atoms with Crippen molar-refractivity contribution in [3.05, 3.63) is 84.2 Å². The van der Waals surface area contributed by atoms with Crippen LogP contribution in [0.3, 0.4) is 0 Å². The number of aryl methyl sites for hydroxylation is 1. The number of halogens is 1. The Hall–Kier alpha value is -3.39. The molecular weight excluding hydrogens is 419 g/mol. The van der Waals surface area contributed by atoms with Gasteiger partial charge in [-0.15, -0.1) is 0 Å². The van der Waals surface area contributed by atoms with Gasteiger partial charge in [-0.05, 0) is 62.4 Å². The zero-order chi connectivity index (χ0) is 22.4. The van der Waals surface area contributed by atoms with Crippen LogP contribution in [0.4, 0.5) is 15.8 Å². The molecule has 0 spiro atoms. The molecule has 0 radical (unpaired) electrons. The molecule has 3 aromatic rings. The molecule has 0 unspecified atom stereocenters. The van der Waals surface area contributed by atoms with Crippen LogP contribution in [0.1, 0.15) is 12.5 Å². The number of carbonyl (C=O) groups excluding carboxylic acids is 1. The summed E-state index contributed by atoms with van der Waals surface area (Å²) in [6.07, 6.45) is 0. The smallest absolute Gasteiger partial charge is 0.264 e. The minimum absolute atomic E-state index is 0.114. The number of rotatable bonds is 8. The van der Waals surface area contributed by atoms with E-state index in [1.807, 2.05) is 13.8 Å². The molecule has 0 aliphatic heterocycles. The third kappa shape index (κ3) is 5.40. The van der Waals surface area contributed by atoms with Crippen LogP contribution in [0.5, 0.6) is 5.75 Å². The van der Waals surface area contributed by atoms with Crippen molar-refractivity contribution < 1.29 is 22.3 Å². The van der Waals surface area contributed by atoms with Gasteiger partial charge >= 0.3 is 0 Å². The Kier molecular flexibility index (Phi) is 6.91. The predicted molar refractivity (Wildman–Crippen MR) is 118 cm³/mol. The Morgan fingerprint density at radius 3 is 2.29 bits per heavy atom. The lowest BCUT2D eigenvalue weighted by atomic mass is 10.2. The van der Waals surface area contributed by atoms with Crippen LogP contribution >= 0.6 is 0 Å². The molecule has 0 aliphatic rings. The van der Waals surface area contributed by atoms with Crippen molar-refractivity contribution in [2.24, 2.45) is 0 Å². The van der Waals surface area contributed by atoms with Crippen LogP contribution in [0.15, 0.2) is 77.7 Å². The van der Waals surface area contributed by atoms with E-state index < -0.39 is 28.3 Å². The van der Waals surface area contributed by atoms with Gasteiger partial charge in [0.05, 0.1) is 22.9 Å². The lowest BCUT2D eigenvalue weighted by Crippen LogP contribution is -2.38. The highest BCUT2D eigenvalue weighted by Gasteiger charge is 2.27. The molecule has 1 amide bonds. The monoisotopic (exact) mass is 442 g/mol. The zero-order valence-corrected chi connectivity index (χ0v) is 18.0. The maximum Gasteiger partial charge on any atom is 0.264 e. The molecule has 0 saturated heterocycles. The standard InChI is InChI=1S/C23H23FN2O4S/c1-3-30-22-7-5-4-6-21(22)25-23(27)16-26(19-12-8-17(2)9-13-19)31(28,29)20-14-10-18(24)11-15-20/h4-15H,3,16H2,1-2H3,(H,25,27). The number of nitrogens with one attached hydrogen (secondary N) is 1. The Bertz CT molecular complexity index is 1150. The summed E-state index contributed by atoms with van der Waals surface area (Å²) >= 11 is 0.